The van der Waals surface area contributed by atoms with Crippen LogP contribution in [0.25, 0.3) is 0 Å². The molecular weight excluding hydrogens is 242 g/mol. The third-order valence-electron chi connectivity index (χ3n) is 2.96. The Hall–Kier alpha value is -1.95. The lowest BCUT2D eigenvalue weighted by atomic mass is 10.4. The predicted octanol–water partition coefficient (Wildman–Crippen LogP) is 1.00. The predicted molar refractivity (Wildman–Crippen MR) is 69.6 cm³/mol. The van der Waals surface area contributed by atoms with Crippen LogP contribution in [0.1, 0.15) is 18.5 Å². The summed E-state index contributed by atoms with van der Waals surface area (Å²) in [7, 11) is 0. The van der Waals surface area contributed by atoms with Gasteiger partial charge >= 0.3 is 0 Å². The first kappa shape index (κ1) is 12.1. The molecule has 2 heterocycles. The van der Waals surface area contributed by atoms with Gasteiger partial charge < -0.3 is 10.1 Å². The molecule has 100 valence electrons. The van der Waals surface area contributed by atoms with Crippen molar-refractivity contribution in [2.45, 2.75) is 32.0 Å². The zero-order valence-corrected chi connectivity index (χ0v) is 10.7. The molecule has 1 aliphatic rings. The summed E-state index contributed by atoms with van der Waals surface area (Å²) in [5.41, 5.74) is 0.980. The third kappa shape index (κ3) is 3.75. The molecule has 1 N–H and O–H groups in total. The van der Waals surface area contributed by atoms with E-state index in [1.54, 1.807) is 17.1 Å². The molecule has 2 aromatic heterocycles. The van der Waals surface area contributed by atoms with E-state index >= 15 is 0 Å². The highest BCUT2D eigenvalue weighted by Gasteiger charge is 2.20. The van der Waals surface area contributed by atoms with Gasteiger partial charge in [-0.15, -0.1) is 5.10 Å². The van der Waals surface area contributed by atoms with Gasteiger partial charge in [0, 0.05) is 25.0 Å². The SMILES string of the molecule is c1cncc(OCCn2cc(CNC3CC3)nn2)c1. The summed E-state index contributed by atoms with van der Waals surface area (Å²) in [6, 6.07) is 4.44. The molecule has 6 heteroatoms. The van der Waals surface area contributed by atoms with Crippen LogP contribution in [0.15, 0.2) is 30.7 Å². The zero-order valence-electron chi connectivity index (χ0n) is 10.7. The molecule has 0 atom stereocenters. The van der Waals surface area contributed by atoms with Crippen molar-refractivity contribution in [3.05, 3.63) is 36.4 Å². The molecule has 1 saturated carbocycles. The summed E-state index contributed by atoms with van der Waals surface area (Å²) < 4.78 is 7.37. The third-order valence-corrected chi connectivity index (χ3v) is 2.96. The molecule has 0 bridgehead atoms. The number of nitrogens with zero attached hydrogens (tertiary/aromatic N) is 4. The summed E-state index contributed by atoms with van der Waals surface area (Å²) in [6.45, 7) is 2.05. The molecule has 0 aliphatic heterocycles. The van der Waals surface area contributed by atoms with Gasteiger partial charge in [-0.3, -0.25) is 4.98 Å². The number of hydrogen-bond donors (Lipinski definition) is 1. The van der Waals surface area contributed by atoms with Crippen LogP contribution in [-0.2, 0) is 13.1 Å². The normalized spacial score (nSPS) is 14.5. The monoisotopic (exact) mass is 259 g/mol. The van der Waals surface area contributed by atoms with Crippen molar-refractivity contribution in [3.8, 4) is 5.75 Å². The number of aromatic nitrogens is 4. The van der Waals surface area contributed by atoms with E-state index in [0.29, 0.717) is 19.2 Å². The van der Waals surface area contributed by atoms with E-state index in [2.05, 4.69) is 20.6 Å². The molecule has 0 amide bonds. The molecule has 0 saturated heterocycles. The fraction of sp³-hybridized carbons (Fsp3) is 0.462. The minimum atomic E-state index is 0.560. The van der Waals surface area contributed by atoms with E-state index in [1.807, 2.05) is 18.3 Å². The number of rotatable bonds is 7. The van der Waals surface area contributed by atoms with Gasteiger partial charge in [0.25, 0.3) is 0 Å². The van der Waals surface area contributed by atoms with Crippen molar-refractivity contribution in [1.29, 1.82) is 0 Å². The topological polar surface area (TPSA) is 64.9 Å². The highest BCUT2D eigenvalue weighted by molar-refractivity contribution is 5.15. The summed E-state index contributed by atoms with van der Waals surface area (Å²) in [6.07, 6.45) is 7.96. The smallest absolute Gasteiger partial charge is 0.137 e. The zero-order chi connectivity index (χ0) is 12.9. The Morgan fingerprint density at radius 3 is 3.16 bits per heavy atom. The van der Waals surface area contributed by atoms with E-state index in [9.17, 15) is 0 Å². The van der Waals surface area contributed by atoms with Crippen molar-refractivity contribution in [3.63, 3.8) is 0 Å². The Morgan fingerprint density at radius 1 is 1.42 bits per heavy atom. The summed E-state index contributed by atoms with van der Waals surface area (Å²) in [5.74, 6) is 0.776. The van der Waals surface area contributed by atoms with Gasteiger partial charge in [-0.05, 0) is 25.0 Å². The maximum Gasteiger partial charge on any atom is 0.137 e. The van der Waals surface area contributed by atoms with E-state index in [0.717, 1.165) is 18.0 Å². The molecule has 0 aromatic carbocycles. The summed E-state index contributed by atoms with van der Waals surface area (Å²) in [4.78, 5) is 3.99. The van der Waals surface area contributed by atoms with Gasteiger partial charge in [-0.25, -0.2) is 4.68 Å². The van der Waals surface area contributed by atoms with Crippen LogP contribution in [-0.4, -0.2) is 32.6 Å². The van der Waals surface area contributed by atoms with Crippen molar-refractivity contribution >= 4 is 0 Å². The number of hydrogen-bond acceptors (Lipinski definition) is 5. The molecular formula is C13H17N5O. The van der Waals surface area contributed by atoms with Crippen LogP contribution in [0.4, 0.5) is 0 Å². The lowest BCUT2D eigenvalue weighted by molar-refractivity contribution is 0.288. The Bertz CT molecular complexity index is 509. The van der Waals surface area contributed by atoms with Crippen molar-refractivity contribution in [1.82, 2.24) is 25.3 Å². The molecule has 0 unspecified atom stereocenters. The first-order chi connectivity index (χ1) is 9.40. The Balaban J connectivity index is 1.42. The van der Waals surface area contributed by atoms with Crippen LogP contribution in [0.3, 0.4) is 0 Å². The van der Waals surface area contributed by atoms with Crippen LogP contribution >= 0.6 is 0 Å². The van der Waals surface area contributed by atoms with Gasteiger partial charge in [-0.2, -0.15) is 0 Å². The second-order valence-electron chi connectivity index (χ2n) is 4.67. The van der Waals surface area contributed by atoms with Crippen molar-refractivity contribution < 1.29 is 4.74 Å². The average molecular weight is 259 g/mol. The van der Waals surface area contributed by atoms with Crippen LogP contribution < -0.4 is 10.1 Å². The van der Waals surface area contributed by atoms with Gasteiger partial charge in [0.1, 0.15) is 12.4 Å². The van der Waals surface area contributed by atoms with E-state index in [1.165, 1.54) is 12.8 Å². The van der Waals surface area contributed by atoms with E-state index < -0.39 is 0 Å². The molecule has 3 rings (SSSR count). The lowest BCUT2D eigenvalue weighted by Crippen LogP contribution is -2.15. The molecule has 0 radical (unpaired) electrons. The first-order valence-electron chi connectivity index (χ1n) is 6.55. The minimum Gasteiger partial charge on any atom is -0.490 e. The Labute approximate surface area is 111 Å². The highest BCUT2D eigenvalue weighted by atomic mass is 16.5. The second-order valence-corrected chi connectivity index (χ2v) is 4.67. The fourth-order valence-corrected chi connectivity index (χ4v) is 1.75. The van der Waals surface area contributed by atoms with Gasteiger partial charge in [0.2, 0.25) is 0 Å². The maximum absolute atomic E-state index is 5.56. The second kappa shape index (κ2) is 5.79. The van der Waals surface area contributed by atoms with Gasteiger partial charge in [-0.1, -0.05) is 5.21 Å². The number of pyridine rings is 1. The molecule has 0 spiro atoms. The Morgan fingerprint density at radius 2 is 2.37 bits per heavy atom. The summed E-state index contributed by atoms with van der Waals surface area (Å²) >= 11 is 0. The average Bonchev–Trinajstić information content (AvgIpc) is 3.17. The van der Waals surface area contributed by atoms with Crippen molar-refractivity contribution in [2.75, 3.05) is 6.61 Å². The fourth-order valence-electron chi connectivity index (χ4n) is 1.75. The lowest BCUT2D eigenvalue weighted by Gasteiger charge is -2.04. The Kier molecular flexibility index (Phi) is 3.69. The number of nitrogens with one attached hydrogen (secondary N) is 1. The van der Waals surface area contributed by atoms with Gasteiger partial charge in [0.05, 0.1) is 18.4 Å². The largest absolute Gasteiger partial charge is 0.490 e. The van der Waals surface area contributed by atoms with Crippen LogP contribution in [0, 0.1) is 0 Å². The molecule has 6 nitrogen and oxygen atoms in total. The standard InChI is InChI=1S/C13H17N5O/c1-2-13(9-14-5-1)19-7-6-18-10-12(16-17-18)8-15-11-3-4-11/h1-2,5,9-11,15H,3-4,6-8H2. The quantitative estimate of drug-likeness (QED) is 0.803. The minimum absolute atomic E-state index is 0.560. The highest BCUT2D eigenvalue weighted by Crippen LogP contribution is 2.18. The van der Waals surface area contributed by atoms with Crippen LogP contribution in [0.5, 0.6) is 5.75 Å². The molecule has 19 heavy (non-hydrogen) atoms. The van der Waals surface area contributed by atoms with E-state index in [4.69, 9.17) is 4.74 Å². The number of ether oxygens (including phenoxy) is 1. The molecule has 1 aliphatic carbocycles. The molecule has 1 fully saturated rings. The van der Waals surface area contributed by atoms with Gasteiger partial charge in [0.15, 0.2) is 0 Å². The molecule has 2 aromatic rings. The van der Waals surface area contributed by atoms with Crippen LogP contribution in [0.2, 0.25) is 0 Å². The summed E-state index contributed by atoms with van der Waals surface area (Å²) in [5, 5.41) is 11.6. The first-order valence-corrected chi connectivity index (χ1v) is 6.55. The van der Waals surface area contributed by atoms with E-state index in [-0.39, 0.29) is 0 Å². The van der Waals surface area contributed by atoms with Crippen molar-refractivity contribution in [2.24, 2.45) is 0 Å². The maximum atomic E-state index is 5.56.